The lowest BCUT2D eigenvalue weighted by Crippen LogP contribution is -2.27. The Hall–Kier alpha value is -1.65. The molecule has 0 unspecified atom stereocenters. The molecule has 0 fully saturated rings. The summed E-state index contributed by atoms with van der Waals surface area (Å²) in [4.78, 5) is 13.1. The quantitative estimate of drug-likeness (QED) is 0.456. The molecule has 0 bridgehead atoms. The first kappa shape index (κ1) is 23.6. The molecular weight excluding hydrogens is 380 g/mol. The van der Waals surface area contributed by atoms with E-state index in [0.717, 1.165) is 49.0 Å². The van der Waals surface area contributed by atoms with E-state index in [9.17, 15) is 15.0 Å². The standard InChI is InChI=1S/C25H36O3S/c1-7-24(28,8-2)14-13-19-11-12-20(15-17(19)5)25(9-3,10-4)21-16-18(6)22(29-21)23(26)27/h11-12,15-16,28H,7-10,13-14H2,1-6H3,(H,26,27). The molecule has 2 N–H and O–H groups in total. The van der Waals surface area contributed by atoms with Crippen molar-refractivity contribution < 1.29 is 15.0 Å². The second kappa shape index (κ2) is 9.44. The third-order valence-electron chi connectivity index (χ3n) is 6.86. The number of thiophene rings is 1. The summed E-state index contributed by atoms with van der Waals surface area (Å²) in [5, 5.41) is 20.1. The van der Waals surface area contributed by atoms with Gasteiger partial charge in [-0.15, -0.1) is 11.3 Å². The number of carboxylic acids is 1. The molecule has 0 saturated carbocycles. The van der Waals surface area contributed by atoms with Crippen LogP contribution in [0, 0.1) is 13.8 Å². The zero-order chi connectivity index (χ0) is 21.8. The molecule has 0 spiro atoms. The van der Waals surface area contributed by atoms with Crippen LogP contribution in [0.15, 0.2) is 24.3 Å². The normalized spacial score (nSPS) is 12.4. The van der Waals surface area contributed by atoms with Crippen molar-refractivity contribution in [2.45, 2.75) is 91.1 Å². The van der Waals surface area contributed by atoms with E-state index in [2.05, 4.69) is 45.0 Å². The first-order chi connectivity index (χ1) is 13.7. The molecule has 2 aromatic rings. The molecule has 1 aromatic heterocycles. The topological polar surface area (TPSA) is 57.5 Å². The van der Waals surface area contributed by atoms with Gasteiger partial charge in [0.15, 0.2) is 0 Å². The molecule has 0 amide bonds. The molecule has 0 saturated heterocycles. The van der Waals surface area contributed by atoms with Crippen molar-refractivity contribution in [1.29, 1.82) is 0 Å². The smallest absolute Gasteiger partial charge is 0.346 e. The first-order valence-electron chi connectivity index (χ1n) is 10.8. The highest BCUT2D eigenvalue weighted by Crippen LogP contribution is 2.43. The highest BCUT2D eigenvalue weighted by molar-refractivity contribution is 7.14. The van der Waals surface area contributed by atoms with Gasteiger partial charge in [-0.05, 0) is 80.7 Å². The minimum absolute atomic E-state index is 0.167. The second-order valence-electron chi connectivity index (χ2n) is 8.29. The lowest BCUT2D eigenvalue weighted by Gasteiger charge is -2.32. The molecule has 2 rings (SSSR count). The van der Waals surface area contributed by atoms with Crippen molar-refractivity contribution in [3.63, 3.8) is 0 Å². The Morgan fingerprint density at radius 3 is 2.03 bits per heavy atom. The van der Waals surface area contributed by atoms with E-state index in [-0.39, 0.29) is 5.41 Å². The number of benzene rings is 1. The molecule has 0 aliphatic carbocycles. The number of carboxylic acid groups (broad SMARTS) is 1. The van der Waals surface area contributed by atoms with Gasteiger partial charge in [-0.25, -0.2) is 4.79 Å². The average Bonchev–Trinajstić information content (AvgIpc) is 3.10. The molecular formula is C25H36O3S. The van der Waals surface area contributed by atoms with Crippen LogP contribution in [0.4, 0.5) is 0 Å². The number of aliphatic hydroxyl groups is 1. The molecule has 160 valence electrons. The Labute approximate surface area is 179 Å². The average molecular weight is 417 g/mol. The first-order valence-corrected chi connectivity index (χ1v) is 11.6. The number of aryl methyl sites for hydroxylation is 3. The number of aromatic carboxylic acids is 1. The van der Waals surface area contributed by atoms with E-state index in [0.29, 0.717) is 4.88 Å². The molecule has 3 nitrogen and oxygen atoms in total. The summed E-state index contributed by atoms with van der Waals surface area (Å²) in [6.45, 7) is 12.5. The van der Waals surface area contributed by atoms with Gasteiger partial charge in [-0.2, -0.15) is 0 Å². The lowest BCUT2D eigenvalue weighted by atomic mass is 9.73. The van der Waals surface area contributed by atoms with E-state index in [1.807, 2.05) is 20.8 Å². The number of hydrogen-bond donors (Lipinski definition) is 2. The molecule has 29 heavy (non-hydrogen) atoms. The van der Waals surface area contributed by atoms with Crippen LogP contribution in [-0.4, -0.2) is 21.8 Å². The molecule has 0 aliphatic heterocycles. The minimum Gasteiger partial charge on any atom is -0.477 e. The van der Waals surface area contributed by atoms with Gasteiger partial charge < -0.3 is 10.2 Å². The lowest BCUT2D eigenvalue weighted by molar-refractivity contribution is 0.0239. The molecule has 0 aliphatic rings. The maximum atomic E-state index is 11.6. The van der Waals surface area contributed by atoms with E-state index in [1.165, 1.54) is 28.0 Å². The molecule has 1 heterocycles. The van der Waals surface area contributed by atoms with Gasteiger partial charge in [0.25, 0.3) is 0 Å². The predicted octanol–water partition coefficient (Wildman–Crippen LogP) is 6.65. The fraction of sp³-hybridized carbons (Fsp3) is 0.560. The Balaban J connectivity index is 2.41. The number of hydrogen-bond acceptors (Lipinski definition) is 3. The Bertz CT molecular complexity index is 842. The molecule has 1 aromatic carbocycles. The Morgan fingerprint density at radius 1 is 0.966 bits per heavy atom. The summed E-state index contributed by atoms with van der Waals surface area (Å²) in [5.41, 5.74) is 3.88. The fourth-order valence-corrected chi connectivity index (χ4v) is 5.69. The summed E-state index contributed by atoms with van der Waals surface area (Å²) in [6.07, 6.45) is 5.05. The van der Waals surface area contributed by atoms with Crippen LogP contribution in [0.5, 0.6) is 0 Å². The third-order valence-corrected chi connectivity index (χ3v) is 8.29. The van der Waals surface area contributed by atoms with E-state index < -0.39 is 11.6 Å². The van der Waals surface area contributed by atoms with Gasteiger partial charge in [-0.1, -0.05) is 45.9 Å². The van der Waals surface area contributed by atoms with Crippen LogP contribution in [0.25, 0.3) is 0 Å². The summed E-state index contributed by atoms with van der Waals surface area (Å²) in [5.74, 6) is -0.842. The van der Waals surface area contributed by atoms with Gasteiger partial charge in [0.1, 0.15) is 4.88 Å². The van der Waals surface area contributed by atoms with Gasteiger partial charge in [-0.3, -0.25) is 0 Å². The highest BCUT2D eigenvalue weighted by atomic mass is 32.1. The SMILES string of the molecule is CCC(O)(CC)CCc1ccc(C(CC)(CC)c2cc(C)c(C(=O)O)s2)cc1C. The maximum absolute atomic E-state index is 11.6. The van der Waals surface area contributed by atoms with Crippen molar-refractivity contribution in [2.24, 2.45) is 0 Å². The monoisotopic (exact) mass is 416 g/mol. The van der Waals surface area contributed by atoms with Crippen LogP contribution in [0.3, 0.4) is 0 Å². The predicted molar refractivity (Wildman–Crippen MR) is 122 cm³/mol. The highest BCUT2D eigenvalue weighted by Gasteiger charge is 2.34. The van der Waals surface area contributed by atoms with Gasteiger partial charge >= 0.3 is 5.97 Å². The Kier molecular flexibility index (Phi) is 7.69. The van der Waals surface area contributed by atoms with Crippen molar-refractivity contribution in [2.75, 3.05) is 0 Å². The molecule has 4 heteroatoms. The van der Waals surface area contributed by atoms with Crippen LogP contribution in [0.2, 0.25) is 0 Å². The van der Waals surface area contributed by atoms with Crippen molar-refractivity contribution >= 4 is 17.3 Å². The number of carbonyl (C=O) groups is 1. The fourth-order valence-electron chi connectivity index (χ4n) is 4.32. The second-order valence-corrected chi connectivity index (χ2v) is 9.34. The largest absolute Gasteiger partial charge is 0.477 e. The van der Waals surface area contributed by atoms with E-state index in [4.69, 9.17) is 0 Å². The molecule has 0 radical (unpaired) electrons. The van der Waals surface area contributed by atoms with Gasteiger partial charge in [0, 0.05) is 10.3 Å². The maximum Gasteiger partial charge on any atom is 0.346 e. The number of rotatable bonds is 10. The van der Waals surface area contributed by atoms with Crippen molar-refractivity contribution in [3.05, 3.63) is 56.3 Å². The van der Waals surface area contributed by atoms with Crippen LogP contribution >= 0.6 is 11.3 Å². The minimum atomic E-state index is -0.842. The third kappa shape index (κ3) is 4.75. The Morgan fingerprint density at radius 2 is 1.59 bits per heavy atom. The summed E-state index contributed by atoms with van der Waals surface area (Å²) < 4.78 is 0. The summed E-state index contributed by atoms with van der Waals surface area (Å²) in [6, 6.07) is 8.75. The zero-order valence-electron chi connectivity index (χ0n) is 18.8. The zero-order valence-corrected chi connectivity index (χ0v) is 19.6. The van der Waals surface area contributed by atoms with Crippen LogP contribution in [-0.2, 0) is 11.8 Å². The van der Waals surface area contributed by atoms with Crippen molar-refractivity contribution in [3.8, 4) is 0 Å². The summed E-state index contributed by atoms with van der Waals surface area (Å²) in [7, 11) is 0. The van der Waals surface area contributed by atoms with Crippen molar-refractivity contribution in [1.82, 2.24) is 0 Å². The van der Waals surface area contributed by atoms with Crippen LogP contribution < -0.4 is 0 Å². The van der Waals surface area contributed by atoms with E-state index in [1.54, 1.807) is 0 Å². The van der Waals surface area contributed by atoms with Crippen LogP contribution in [0.1, 0.15) is 96.6 Å². The van der Waals surface area contributed by atoms with Gasteiger partial charge in [0.05, 0.1) is 5.60 Å². The van der Waals surface area contributed by atoms with Gasteiger partial charge in [0.2, 0.25) is 0 Å². The van der Waals surface area contributed by atoms with E-state index >= 15 is 0 Å². The molecule has 0 atom stereocenters. The summed E-state index contributed by atoms with van der Waals surface area (Å²) >= 11 is 1.42.